The van der Waals surface area contributed by atoms with E-state index >= 15 is 0 Å². The van der Waals surface area contributed by atoms with Crippen molar-refractivity contribution in [1.82, 2.24) is 0 Å². The lowest BCUT2D eigenvalue weighted by Gasteiger charge is -2.15. The Hall–Kier alpha value is -1.05. The van der Waals surface area contributed by atoms with Gasteiger partial charge < -0.3 is 4.74 Å². The third-order valence-corrected chi connectivity index (χ3v) is 7.03. The summed E-state index contributed by atoms with van der Waals surface area (Å²) in [6, 6.07) is 0. The van der Waals surface area contributed by atoms with Crippen LogP contribution in [0.15, 0.2) is 23.8 Å². The van der Waals surface area contributed by atoms with E-state index in [2.05, 4.69) is 47.6 Å². The van der Waals surface area contributed by atoms with E-state index < -0.39 is 0 Å². The molecule has 0 aromatic rings. The molecule has 0 aromatic carbocycles. The predicted molar refractivity (Wildman–Crippen MR) is 151 cm³/mol. The Bertz CT molecular complexity index is 517. The summed E-state index contributed by atoms with van der Waals surface area (Å²) in [4.78, 5) is 11.8. The van der Waals surface area contributed by atoms with Gasteiger partial charge in [-0.05, 0) is 56.4 Å². The van der Waals surface area contributed by atoms with Gasteiger partial charge in [0.15, 0.2) is 0 Å². The van der Waals surface area contributed by atoms with Gasteiger partial charge in [-0.15, -0.1) is 0 Å². The summed E-state index contributed by atoms with van der Waals surface area (Å²) in [5.41, 5.74) is 1.34. The van der Waals surface area contributed by atoms with Gasteiger partial charge in [0.05, 0.1) is 0 Å². The molecule has 0 amide bonds. The summed E-state index contributed by atoms with van der Waals surface area (Å²) in [5.74, 6) is 2.33. The number of unbranched alkanes of at least 4 members (excludes halogenated alkanes) is 7. The minimum Gasteiger partial charge on any atom is -0.458 e. The van der Waals surface area contributed by atoms with E-state index in [1.54, 1.807) is 6.08 Å². The van der Waals surface area contributed by atoms with Gasteiger partial charge in [0.2, 0.25) is 0 Å². The first-order chi connectivity index (χ1) is 16.3. The molecule has 0 saturated carbocycles. The molecule has 0 bridgehead atoms. The number of rotatable bonds is 23. The first-order valence-corrected chi connectivity index (χ1v) is 14.8. The lowest BCUT2D eigenvalue weighted by atomic mass is 9.91. The van der Waals surface area contributed by atoms with Crippen molar-refractivity contribution in [2.75, 3.05) is 6.61 Å². The minimum atomic E-state index is -0.209. The SMILES string of the molecule is CCCCCCCCCC=CC(=O)OC/C=C(\C)CCC[C@H](C)CCC[C@H](C)CCCC(C)C. The Balaban J connectivity index is 3.70. The van der Waals surface area contributed by atoms with Crippen molar-refractivity contribution in [3.8, 4) is 0 Å². The molecule has 0 aliphatic carbocycles. The molecule has 2 heteroatoms. The third kappa shape index (κ3) is 24.1. The van der Waals surface area contributed by atoms with E-state index in [4.69, 9.17) is 4.74 Å². The molecule has 0 aromatic heterocycles. The fourth-order valence-corrected chi connectivity index (χ4v) is 4.52. The second-order valence-electron chi connectivity index (χ2n) is 11.4. The van der Waals surface area contributed by atoms with Crippen LogP contribution in [0.1, 0.15) is 151 Å². The maximum atomic E-state index is 11.8. The van der Waals surface area contributed by atoms with Gasteiger partial charge in [-0.1, -0.05) is 130 Å². The first kappa shape index (κ1) is 33.0. The van der Waals surface area contributed by atoms with Gasteiger partial charge in [0.1, 0.15) is 6.61 Å². The Morgan fingerprint density at radius 3 is 1.91 bits per heavy atom. The quantitative estimate of drug-likeness (QED) is 0.0634. The van der Waals surface area contributed by atoms with Crippen LogP contribution in [0.3, 0.4) is 0 Å². The van der Waals surface area contributed by atoms with Crippen LogP contribution < -0.4 is 0 Å². The van der Waals surface area contributed by atoms with Gasteiger partial charge in [-0.25, -0.2) is 4.79 Å². The molecule has 2 nitrogen and oxygen atoms in total. The Kier molecular flexibility index (Phi) is 22.9. The number of hydrogen-bond donors (Lipinski definition) is 0. The second kappa shape index (κ2) is 23.7. The van der Waals surface area contributed by atoms with Crippen LogP contribution in [-0.4, -0.2) is 12.6 Å². The molecule has 0 radical (unpaired) electrons. The predicted octanol–water partition coefficient (Wildman–Crippen LogP) is 10.6. The Morgan fingerprint density at radius 2 is 1.29 bits per heavy atom. The van der Waals surface area contributed by atoms with Crippen LogP contribution >= 0.6 is 0 Å². The number of esters is 1. The largest absolute Gasteiger partial charge is 0.458 e. The van der Waals surface area contributed by atoms with Crippen LogP contribution in [0.25, 0.3) is 0 Å². The van der Waals surface area contributed by atoms with Crippen molar-refractivity contribution < 1.29 is 9.53 Å². The van der Waals surface area contributed by atoms with Gasteiger partial charge in [-0.3, -0.25) is 0 Å². The maximum absolute atomic E-state index is 11.8. The number of allylic oxidation sites excluding steroid dienone is 2. The summed E-state index contributed by atoms with van der Waals surface area (Å²) in [7, 11) is 0. The summed E-state index contributed by atoms with van der Waals surface area (Å²) in [5, 5.41) is 0. The molecule has 0 unspecified atom stereocenters. The van der Waals surface area contributed by atoms with Crippen molar-refractivity contribution in [3.05, 3.63) is 23.8 Å². The summed E-state index contributed by atoms with van der Waals surface area (Å²) in [6.45, 7) is 14.3. The van der Waals surface area contributed by atoms with Crippen LogP contribution in [-0.2, 0) is 9.53 Å². The van der Waals surface area contributed by atoms with Gasteiger partial charge in [0.25, 0.3) is 0 Å². The van der Waals surface area contributed by atoms with Crippen molar-refractivity contribution in [1.29, 1.82) is 0 Å². The molecule has 0 aliphatic rings. The summed E-state index contributed by atoms with van der Waals surface area (Å²) >= 11 is 0. The maximum Gasteiger partial charge on any atom is 0.330 e. The van der Waals surface area contributed by atoms with Crippen molar-refractivity contribution in [2.24, 2.45) is 17.8 Å². The van der Waals surface area contributed by atoms with E-state index in [9.17, 15) is 4.79 Å². The lowest BCUT2D eigenvalue weighted by Crippen LogP contribution is -2.01. The van der Waals surface area contributed by atoms with E-state index in [0.29, 0.717) is 6.61 Å². The van der Waals surface area contributed by atoms with E-state index in [0.717, 1.165) is 30.6 Å². The van der Waals surface area contributed by atoms with E-state index in [-0.39, 0.29) is 5.97 Å². The van der Waals surface area contributed by atoms with Gasteiger partial charge in [0, 0.05) is 6.08 Å². The van der Waals surface area contributed by atoms with Crippen molar-refractivity contribution in [2.45, 2.75) is 151 Å². The number of carbonyl (C=O) groups is 1. The molecule has 200 valence electrons. The molecule has 34 heavy (non-hydrogen) atoms. The third-order valence-electron chi connectivity index (χ3n) is 7.03. The smallest absolute Gasteiger partial charge is 0.330 e. The Labute approximate surface area is 214 Å². The molecule has 0 fully saturated rings. The molecule has 0 aliphatic heterocycles. The van der Waals surface area contributed by atoms with Gasteiger partial charge in [-0.2, -0.15) is 0 Å². The van der Waals surface area contributed by atoms with E-state index in [1.165, 1.54) is 102 Å². The number of ether oxygens (including phenoxy) is 1. The summed E-state index contributed by atoms with van der Waals surface area (Å²) in [6.07, 6.45) is 27.7. The highest BCUT2D eigenvalue weighted by Crippen LogP contribution is 2.22. The van der Waals surface area contributed by atoms with Crippen LogP contribution in [0.2, 0.25) is 0 Å². The standard InChI is InChI=1S/C32H60O2/c1-7-8-9-10-11-12-13-14-15-25-32(33)34-27-26-31(6)24-18-23-30(5)22-17-21-29(4)20-16-19-28(2)3/h15,25-26,28-30H,7-14,16-24,27H2,1-6H3/b25-15?,31-26+/t29-,30-/m1/s1. The molecular formula is C32H60O2. The molecule has 0 spiro atoms. The zero-order valence-electron chi connectivity index (χ0n) is 24.0. The molecule has 2 atom stereocenters. The topological polar surface area (TPSA) is 26.3 Å². The minimum absolute atomic E-state index is 0.209. The Morgan fingerprint density at radius 1 is 0.735 bits per heavy atom. The summed E-state index contributed by atoms with van der Waals surface area (Å²) < 4.78 is 5.33. The highest BCUT2D eigenvalue weighted by Gasteiger charge is 2.07. The molecular weight excluding hydrogens is 416 g/mol. The molecule has 0 N–H and O–H groups in total. The van der Waals surface area contributed by atoms with Crippen LogP contribution in [0.5, 0.6) is 0 Å². The van der Waals surface area contributed by atoms with Crippen LogP contribution in [0.4, 0.5) is 0 Å². The lowest BCUT2D eigenvalue weighted by molar-refractivity contribution is -0.136. The average molecular weight is 477 g/mol. The number of hydrogen-bond acceptors (Lipinski definition) is 2. The zero-order chi connectivity index (χ0) is 25.4. The fourth-order valence-electron chi connectivity index (χ4n) is 4.52. The van der Waals surface area contributed by atoms with Gasteiger partial charge >= 0.3 is 5.97 Å². The molecule has 0 saturated heterocycles. The second-order valence-corrected chi connectivity index (χ2v) is 11.4. The highest BCUT2D eigenvalue weighted by molar-refractivity contribution is 5.81. The molecule has 0 rings (SSSR count). The zero-order valence-corrected chi connectivity index (χ0v) is 24.0. The fraction of sp³-hybridized carbons (Fsp3) is 0.844. The number of carbonyl (C=O) groups excluding carboxylic acids is 1. The van der Waals surface area contributed by atoms with Crippen molar-refractivity contribution >= 4 is 5.97 Å². The van der Waals surface area contributed by atoms with Crippen LogP contribution in [0, 0.1) is 17.8 Å². The average Bonchev–Trinajstić information content (AvgIpc) is 2.77. The van der Waals surface area contributed by atoms with E-state index in [1.807, 2.05) is 6.08 Å². The molecule has 0 heterocycles. The van der Waals surface area contributed by atoms with Crippen molar-refractivity contribution in [3.63, 3.8) is 0 Å². The first-order valence-electron chi connectivity index (χ1n) is 14.8. The normalized spacial score (nSPS) is 14.1. The highest BCUT2D eigenvalue weighted by atomic mass is 16.5. The monoisotopic (exact) mass is 476 g/mol.